The number of aryl methyl sites for hydroxylation is 1. The summed E-state index contributed by atoms with van der Waals surface area (Å²) in [5, 5.41) is 7.77. The van der Waals surface area contributed by atoms with Gasteiger partial charge in [-0.2, -0.15) is 0 Å². The van der Waals surface area contributed by atoms with Crippen molar-refractivity contribution >= 4 is 27.5 Å². The Kier molecular flexibility index (Phi) is 5.06. The van der Waals surface area contributed by atoms with Gasteiger partial charge in [-0.15, -0.1) is 0 Å². The van der Waals surface area contributed by atoms with Crippen molar-refractivity contribution in [3.63, 3.8) is 0 Å². The maximum Gasteiger partial charge on any atom is 0.251 e. The van der Waals surface area contributed by atoms with E-state index in [1.165, 1.54) is 0 Å². The summed E-state index contributed by atoms with van der Waals surface area (Å²) in [5.74, 6) is -0.805. The summed E-state index contributed by atoms with van der Waals surface area (Å²) in [6.45, 7) is 4.52. The number of primary sulfonamides is 1. The van der Waals surface area contributed by atoms with E-state index in [0.29, 0.717) is 24.3 Å². The normalized spacial score (nSPS) is 18.3. The summed E-state index contributed by atoms with van der Waals surface area (Å²) in [7, 11) is -3.60. The fraction of sp³-hybridized carbons (Fsp3) is 0.467. The van der Waals surface area contributed by atoms with Gasteiger partial charge in [-0.3, -0.25) is 9.59 Å². The second kappa shape index (κ2) is 6.67. The molecule has 2 rings (SSSR count). The molecule has 23 heavy (non-hydrogen) atoms. The molecule has 1 atom stereocenters. The zero-order chi connectivity index (χ0) is 17.2. The predicted octanol–water partition coefficient (Wildman–Crippen LogP) is 0.386. The van der Waals surface area contributed by atoms with Gasteiger partial charge in [0.15, 0.2) is 0 Å². The first-order valence-electron chi connectivity index (χ1n) is 7.41. The predicted molar refractivity (Wildman–Crippen MR) is 87.6 cm³/mol. The molecule has 0 aromatic heterocycles. The average molecular weight is 339 g/mol. The van der Waals surface area contributed by atoms with Crippen LogP contribution in [-0.2, 0) is 14.8 Å². The highest BCUT2D eigenvalue weighted by molar-refractivity contribution is 7.89. The molecular weight excluding hydrogens is 318 g/mol. The van der Waals surface area contributed by atoms with E-state index >= 15 is 0 Å². The van der Waals surface area contributed by atoms with E-state index in [2.05, 4.69) is 5.32 Å². The molecule has 2 amide bonds. The molecule has 0 aliphatic carbocycles. The molecule has 0 spiro atoms. The monoisotopic (exact) mass is 339 g/mol. The molecule has 7 nitrogen and oxygen atoms in total. The van der Waals surface area contributed by atoms with E-state index < -0.39 is 10.0 Å². The third kappa shape index (κ3) is 4.29. The van der Waals surface area contributed by atoms with Gasteiger partial charge < -0.3 is 10.2 Å². The number of hydrogen-bond acceptors (Lipinski definition) is 4. The topological polar surface area (TPSA) is 110 Å². The van der Waals surface area contributed by atoms with Crippen LogP contribution in [0.1, 0.15) is 29.3 Å². The molecule has 1 aliphatic heterocycles. The zero-order valence-corrected chi connectivity index (χ0v) is 14.0. The van der Waals surface area contributed by atoms with Crippen LogP contribution in [0.5, 0.6) is 0 Å². The Balaban J connectivity index is 2.19. The number of amides is 2. The highest BCUT2D eigenvalue weighted by Gasteiger charge is 2.33. The second-order valence-electron chi connectivity index (χ2n) is 5.76. The maximum absolute atomic E-state index is 12.2. The Morgan fingerprint density at radius 2 is 2.13 bits per heavy atom. The number of sulfonamides is 1. The average Bonchev–Trinajstić information content (AvgIpc) is 2.77. The summed E-state index contributed by atoms with van der Waals surface area (Å²) >= 11 is 0. The number of benzene rings is 1. The van der Waals surface area contributed by atoms with Gasteiger partial charge in [0.25, 0.3) is 5.91 Å². The van der Waals surface area contributed by atoms with Gasteiger partial charge in [0.1, 0.15) is 0 Å². The molecule has 1 aromatic carbocycles. The largest absolute Gasteiger partial charge is 0.352 e. The van der Waals surface area contributed by atoms with Crippen molar-refractivity contribution in [1.82, 2.24) is 5.32 Å². The first-order chi connectivity index (χ1) is 10.7. The van der Waals surface area contributed by atoms with Crippen LogP contribution in [0.4, 0.5) is 5.69 Å². The van der Waals surface area contributed by atoms with Crippen molar-refractivity contribution in [2.24, 2.45) is 11.1 Å². The van der Waals surface area contributed by atoms with Crippen molar-refractivity contribution in [2.45, 2.75) is 20.3 Å². The number of carbonyl (C=O) groups excluding carboxylic acids is 2. The fourth-order valence-electron chi connectivity index (χ4n) is 2.82. The van der Waals surface area contributed by atoms with Crippen LogP contribution in [0.3, 0.4) is 0 Å². The van der Waals surface area contributed by atoms with Crippen LogP contribution in [-0.4, -0.2) is 39.1 Å². The minimum Gasteiger partial charge on any atom is -0.352 e. The lowest BCUT2D eigenvalue weighted by molar-refractivity contribution is -0.117. The van der Waals surface area contributed by atoms with Crippen LogP contribution >= 0.6 is 0 Å². The molecular formula is C15H21N3O4S. The smallest absolute Gasteiger partial charge is 0.251 e. The summed E-state index contributed by atoms with van der Waals surface area (Å²) in [6.07, 6.45) is 0.161. The minimum atomic E-state index is -3.60. The van der Waals surface area contributed by atoms with Gasteiger partial charge in [-0.1, -0.05) is 0 Å². The SMILES string of the molecule is CCNC(=O)c1ccc(N2CC(CS(N)(=O)=O)CC2=O)c(C)c1. The summed E-state index contributed by atoms with van der Waals surface area (Å²) in [6, 6.07) is 5.10. The number of nitrogens with zero attached hydrogens (tertiary/aromatic N) is 1. The van der Waals surface area contributed by atoms with Crippen molar-refractivity contribution in [3.05, 3.63) is 29.3 Å². The van der Waals surface area contributed by atoms with E-state index in [1.54, 1.807) is 23.1 Å². The Bertz CT molecular complexity index is 730. The summed E-state index contributed by atoms with van der Waals surface area (Å²) in [4.78, 5) is 25.5. The zero-order valence-electron chi connectivity index (χ0n) is 13.2. The van der Waals surface area contributed by atoms with Crippen LogP contribution in [0.25, 0.3) is 0 Å². The van der Waals surface area contributed by atoms with Crippen LogP contribution in [0.2, 0.25) is 0 Å². The number of carbonyl (C=O) groups is 2. The van der Waals surface area contributed by atoms with Gasteiger partial charge in [0, 0.05) is 36.7 Å². The number of nitrogens with one attached hydrogen (secondary N) is 1. The molecule has 1 aliphatic rings. The quantitative estimate of drug-likeness (QED) is 0.808. The third-order valence-electron chi connectivity index (χ3n) is 3.76. The van der Waals surface area contributed by atoms with Gasteiger partial charge in [-0.05, 0) is 37.6 Å². The Hall–Kier alpha value is -1.93. The van der Waals surface area contributed by atoms with E-state index in [-0.39, 0.29) is 29.9 Å². The van der Waals surface area contributed by atoms with Crippen LogP contribution < -0.4 is 15.4 Å². The van der Waals surface area contributed by atoms with E-state index in [9.17, 15) is 18.0 Å². The number of rotatable bonds is 5. The molecule has 126 valence electrons. The Morgan fingerprint density at radius 1 is 1.43 bits per heavy atom. The van der Waals surface area contributed by atoms with E-state index in [0.717, 1.165) is 5.56 Å². The van der Waals surface area contributed by atoms with Crippen LogP contribution in [0.15, 0.2) is 18.2 Å². The molecule has 1 aromatic rings. The Morgan fingerprint density at radius 3 is 2.70 bits per heavy atom. The maximum atomic E-state index is 12.2. The summed E-state index contributed by atoms with van der Waals surface area (Å²) < 4.78 is 22.4. The fourth-order valence-corrected chi connectivity index (χ4v) is 3.70. The number of nitrogens with two attached hydrogens (primary N) is 1. The minimum absolute atomic E-state index is 0.132. The molecule has 1 saturated heterocycles. The standard InChI is InChI=1S/C15H21N3O4S/c1-3-17-15(20)12-4-5-13(10(2)6-12)18-8-11(7-14(18)19)9-23(16,21)22/h4-6,11H,3,7-9H2,1-2H3,(H,17,20)(H2,16,21,22). The molecule has 0 bridgehead atoms. The van der Waals surface area contributed by atoms with Gasteiger partial charge in [0.05, 0.1) is 5.75 Å². The number of anilines is 1. The molecule has 1 unspecified atom stereocenters. The first kappa shape index (κ1) is 17.4. The molecule has 1 fully saturated rings. The van der Waals surface area contributed by atoms with Crippen molar-refractivity contribution in [2.75, 3.05) is 23.7 Å². The van der Waals surface area contributed by atoms with Gasteiger partial charge in [-0.25, -0.2) is 13.6 Å². The molecule has 0 saturated carbocycles. The molecule has 8 heteroatoms. The highest BCUT2D eigenvalue weighted by Crippen LogP contribution is 2.29. The molecule has 3 N–H and O–H groups in total. The van der Waals surface area contributed by atoms with Crippen molar-refractivity contribution in [3.8, 4) is 0 Å². The van der Waals surface area contributed by atoms with Crippen LogP contribution in [0, 0.1) is 12.8 Å². The second-order valence-corrected chi connectivity index (χ2v) is 7.42. The summed E-state index contributed by atoms with van der Waals surface area (Å²) in [5.41, 5.74) is 2.01. The first-order valence-corrected chi connectivity index (χ1v) is 9.12. The number of hydrogen-bond donors (Lipinski definition) is 2. The van der Waals surface area contributed by atoms with Crippen molar-refractivity contribution < 1.29 is 18.0 Å². The lowest BCUT2D eigenvalue weighted by Gasteiger charge is -2.19. The lowest BCUT2D eigenvalue weighted by atomic mass is 10.1. The molecule has 0 radical (unpaired) electrons. The molecule has 1 heterocycles. The third-order valence-corrected chi connectivity index (χ3v) is 4.70. The highest BCUT2D eigenvalue weighted by atomic mass is 32.2. The van der Waals surface area contributed by atoms with E-state index in [4.69, 9.17) is 5.14 Å². The van der Waals surface area contributed by atoms with Crippen molar-refractivity contribution in [1.29, 1.82) is 0 Å². The Labute approximate surface area is 135 Å². The van der Waals surface area contributed by atoms with Gasteiger partial charge in [0.2, 0.25) is 15.9 Å². The lowest BCUT2D eigenvalue weighted by Crippen LogP contribution is -2.28. The van der Waals surface area contributed by atoms with E-state index in [1.807, 2.05) is 13.8 Å². The van der Waals surface area contributed by atoms with Gasteiger partial charge >= 0.3 is 0 Å².